The number of urea groups is 1. The van der Waals surface area contributed by atoms with Gasteiger partial charge in [0.1, 0.15) is 0 Å². The van der Waals surface area contributed by atoms with Gasteiger partial charge in [-0.05, 0) is 50.8 Å². The van der Waals surface area contributed by atoms with Crippen LogP contribution in [0.15, 0.2) is 24.5 Å². The largest absolute Gasteiger partial charge is 0.338 e. The van der Waals surface area contributed by atoms with Crippen LogP contribution in [0.2, 0.25) is 0 Å². The summed E-state index contributed by atoms with van der Waals surface area (Å²) < 4.78 is 0. The molecule has 3 heterocycles. The van der Waals surface area contributed by atoms with E-state index < -0.39 is 0 Å². The Balaban J connectivity index is 1.68. The molecule has 2 aliphatic heterocycles. The number of carbonyl (C=O) groups excluding carboxylic acids is 2. The third-order valence-corrected chi connectivity index (χ3v) is 5.23. The fourth-order valence-electron chi connectivity index (χ4n) is 4.01. The number of amides is 3. The van der Waals surface area contributed by atoms with Crippen molar-refractivity contribution in [1.82, 2.24) is 20.1 Å². The van der Waals surface area contributed by atoms with Crippen LogP contribution < -0.4 is 5.32 Å². The first-order valence-electron chi connectivity index (χ1n) is 9.20. The second-order valence-electron chi connectivity index (χ2n) is 7.73. The molecule has 6 heteroatoms. The summed E-state index contributed by atoms with van der Waals surface area (Å²) in [6.45, 7) is 6.87. The SMILES string of the molecule is CC(C)NC(=O)N1CCC[C@]2(CCC(=O)N(Cc3ccncc3)C2)C1. The van der Waals surface area contributed by atoms with E-state index in [-0.39, 0.29) is 23.4 Å². The first-order valence-corrected chi connectivity index (χ1v) is 9.20. The number of carbonyl (C=O) groups is 2. The zero-order valence-corrected chi connectivity index (χ0v) is 15.2. The van der Waals surface area contributed by atoms with Gasteiger partial charge in [-0.2, -0.15) is 0 Å². The van der Waals surface area contributed by atoms with Gasteiger partial charge in [0.15, 0.2) is 0 Å². The normalized spacial score (nSPS) is 24.0. The summed E-state index contributed by atoms with van der Waals surface area (Å²) in [5, 5.41) is 2.99. The minimum Gasteiger partial charge on any atom is -0.338 e. The molecule has 1 aromatic rings. The molecular weight excluding hydrogens is 316 g/mol. The second-order valence-corrected chi connectivity index (χ2v) is 7.73. The molecule has 0 aliphatic carbocycles. The number of hydrogen-bond donors (Lipinski definition) is 1. The van der Waals surface area contributed by atoms with E-state index in [1.807, 2.05) is 35.8 Å². The van der Waals surface area contributed by atoms with Crippen LogP contribution in [0, 0.1) is 5.41 Å². The maximum Gasteiger partial charge on any atom is 0.317 e. The summed E-state index contributed by atoms with van der Waals surface area (Å²) in [5.74, 6) is 0.214. The monoisotopic (exact) mass is 344 g/mol. The van der Waals surface area contributed by atoms with Crippen molar-refractivity contribution in [2.24, 2.45) is 5.41 Å². The van der Waals surface area contributed by atoms with Crippen molar-refractivity contribution < 1.29 is 9.59 Å². The van der Waals surface area contributed by atoms with Crippen LogP contribution in [-0.2, 0) is 11.3 Å². The lowest BCUT2D eigenvalue weighted by Gasteiger charge is -2.48. The number of aromatic nitrogens is 1. The smallest absolute Gasteiger partial charge is 0.317 e. The van der Waals surface area contributed by atoms with Crippen molar-refractivity contribution in [1.29, 1.82) is 0 Å². The summed E-state index contributed by atoms with van der Waals surface area (Å²) in [4.78, 5) is 32.7. The Kier molecular flexibility index (Phi) is 5.25. The lowest BCUT2D eigenvalue weighted by Crippen LogP contribution is -2.56. The van der Waals surface area contributed by atoms with Gasteiger partial charge >= 0.3 is 6.03 Å². The van der Waals surface area contributed by atoms with E-state index in [4.69, 9.17) is 0 Å². The highest BCUT2D eigenvalue weighted by Gasteiger charge is 2.42. The molecule has 1 spiro atoms. The highest BCUT2D eigenvalue weighted by atomic mass is 16.2. The van der Waals surface area contributed by atoms with Crippen LogP contribution in [-0.4, -0.2) is 52.4 Å². The summed E-state index contributed by atoms with van der Waals surface area (Å²) in [5.41, 5.74) is 1.14. The van der Waals surface area contributed by atoms with Crippen LogP contribution >= 0.6 is 0 Å². The van der Waals surface area contributed by atoms with Gasteiger partial charge in [0.05, 0.1) is 0 Å². The van der Waals surface area contributed by atoms with Gasteiger partial charge in [-0.25, -0.2) is 4.79 Å². The van der Waals surface area contributed by atoms with Crippen molar-refractivity contribution in [3.05, 3.63) is 30.1 Å². The number of piperidine rings is 2. The molecule has 1 aromatic heterocycles. The van der Waals surface area contributed by atoms with Crippen LogP contribution in [0.1, 0.15) is 45.1 Å². The molecule has 0 radical (unpaired) electrons. The molecule has 2 aliphatic rings. The lowest BCUT2D eigenvalue weighted by atomic mass is 9.73. The number of nitrogens with one attached hydrogen (secondary N) is 1. The van der Waals surface area contributed by atoms with Crippen molar-refractivity contribution in [3.63, 3.8) is 0 Å². The van der Waals surface area contributed by atoms with Crippen molar-refractivity contribution in [2.75, 3.05) is 19.6 Å². The van der Waals surface area contributed by atoms with Gasteiger partial charge in [-0.15, -0.1) is 0 Å². The quantitative estimate of drug-likeness (QED) is 0.916. The van der Waals surface area contributed by atoms with Crippen LogP contribution in [0.5, 0.6) is 0 Å². The average Bonchev–Trinajstić information content (AvgIpc) is 2.59. The Morgan fingerprint density at radius 2 is 2.04 bits per heavy atom. The molecule has 3 rings (SSSR count). The highest BCUT2D eigenvalue weighted by molar-refractivity contribution is 5.77. The summed E-state index contributed by atoms with van der Waals surface area (Å²) >= 11 is 0. The van der Waals surface area contributed by atoms with Crippen molar-refractivity contribution >= 4 is 11.9 Å². The summed E-state index contributed by atoms with van der Waals surface area (Å²) in [6, 6.07) is 4.07. The fourth-order valence-corrected chi connectivity index (χ4v) is 4.01. The average molecular weight is 344 g/mol. The molecule has 2 fully saturated rings. The molecule has 3 amide bonds. The molecule has 6 nitrogen and oxygen atoms in total. The zero-order chi connectivity index (χ0) is 17.9. The van der Waals surface area contributed by atoms with Gasteiger partial charge in [-0.1, -0.05) is 0 Å². The standard InChI is InChI=1S/C19H28N4O2/c1-15(2)21-18(25)22-11-3-7-19(13-22)8-4-17(24)23(14-19)12-16-5-9-20-10-6-16/h5-6,9-10,15H,3-4,7-8,11-14H2,1-2H3,(H,21,25)/t19-/m0/s1. The van der Waals surface area contributed by atoms with E-state index in [0.717, 1.165) is 44.5 Å². The first-order chi connectivity index (χ1) is 12.0. The van der Waals surface area contributed by atoms with Gasteiger partial charge in [-0.3, -0.25) is 9.78 Å². The third kappa shape index (κ3) is 4.30. The molecule has 2 saturated heterocycles. The molecule has 0 bridgehead atoms. The van der Waals surface area contributed by atoms with E-state index in [9.17, 15) is 9.59 Å². The first kappa shape index (κ1) is 17.7. The third-order valence-electron chi connectivity index (χ3n) is 5.23. The van der Waals surface area contributed by atoms with Crippen LogP contribution in [0.3, 0.4) is 0 Å². The number of rotatable bonds is 3. The zero-order valence-electron chi connectivity index (χ0n) is 15.2. The Morgan fingerprint density at radius 1 is 1.28 bits per heavy atom. The minimum atomic E-state index is 0.0201. The van der Waals surface area contributed by atoms with Gasteiger partial charge in [0.2, 0.25) is 5.91 Å². The Bertz CT molecular complexity index is 619. The van der Waals surface area contributed by atoms with Crippen LogP contribution in [0.4, 0.5) is 4.79 Å². The Morgan fingerprint density at radius 3 is 2.76 bits per heavy atom. The van der Waals surface area contributed by atoms with Gasteiger partial charge in [0, 0.05) is 56.5 Å². The van der Waals surface area contributed by atoms with Crippen LogP contribution in [0.25, 0.3) is 0 Å². The van der Waals surface area contributed by atoms with E-state index in [1.165, 1.54) is 0 Å². The molecule has 0 aromatic carbocycles. The van der Waals surface area contributed by atoms with Gasteiger partial charge in [0.25, 0.3) is 0 Å². The predicted octanol–water partition coefficient (Wildman–Crippen LogP) is 2.40. The van der Waals surface area contributed by atoms with E-state index in [2.05, 4.69) is 10.3 Å². The minimum absolute atomic E-state index is 0.0201. The highest BCUT2D eigenvalue weighted by Crippen LogP contribution is 2.39. The molecule has 1 atom stereocenters. The fraction of sp³-hybridized carbons (Fsp3) is 0.632. The Labute approximate surface area is 149 Å². The Hall–Kier alpha value is -2.11. The number of likely N-dealkylation sites (tertiary alicyclic amines) is 2. The van der Waals surface area contributed by atoms with Crippen molar-refractivity contribution in [3.8, 4) is 0 Å². The molecule has 136 valence electrons. The second kappa shape index (κ2) is 7.42. The predicted molar refractivity (Wildman–Crippen MR) is 95.8 cm³/mol. The number of nitrogens with zero attached hydrogens (tertiary/aromatic N) is 3. The van der Waals surface area contributed by atoms with Crippen molar-refractivity contribution in [2.45, 2.75) is 52.1 Å². The van der Waals surface area contributed by atoms with E-state index in [0.29, 0.717) is 13.0 Å². The van der Waals surface area contributed by atoms with Gasteiger partial charge < -0.3 is 15.1 Å². The molecular formula is C19H28N4O2. The summed E-state index contributed by atoms with van der Waals surface area (Å²) in [7, 11) is 0. The maximum atomic E-state index is 12.4. The molecule has 0 unspecified atom stereocenters. The molecule has 25 heavy (non-hydrogen) atoms. The maximum absolute atomic E-state index is 12.4. The number of pyridine rings is 1. The lowest BCUT2D eigenvalue weighted by molar-refractivity contribution is -0.139. The van der Waals surface area contributed by atoms with E-state index in [1.54, 1.807) is 12.4 Å². The summed E-state index contributed by atoms with van der Waals surface area (Å²) in [6.07, 6.45) is 7.06. The van der Waals surface area contributed by atoms with E-state index >= 15 is 0 Å². The molecule has 0 saturated carbocycles. The number of hydrogen-bond acceptors (Lipinski definition) is 3. The topological polar surface area (TPSA) is 65.5 Å². The molecule has 1 N–H and O–H groups in total.